The number of amides is 2. The monoisotopic (exact) mass is 381 g/mol. The van der Waals surface area contributed by atoms with Gasteiger partial charge in [-0.25, -0.2) is 9.78 Å². The molecule has 0 spiro atoms. The van der Waals surface area contributed by atoms with Crippen molar-refractivity contribution in [2.75, 3.05) is 26.4 Å². The normalized spacial score (nSPS) is 12.2. The van der Waals surface area contributed by atoms with E-state index in [1.54, 1.807) is 26.2 Å². The lowest BCUT2D eigenvalue weighted by Crippen LogP contribution is -2.23. The van der Waals surface area contributed by atoms with Crippen LogP contribution in [0.3, 0.4) is 0 Å². The zero-order valence-corrected chi connectivity index (χ0v) is 15.9. The molecule has 142 valence electrons. The number of nitrogens with zero attached hydrogens (tertiary/aromatic N) is 3. The van der Waals surface area contributed by atoms with Gasteiger partial charge in [-0.1, -0.05) is 11.6 Å². The number of fused-ring (bicyclic) bond motifs is 1. The molecule has 0 aliphatic carbocycles. The molecule has 0 aliphatic heterocycles. The van der Waals surface area contributed by atoms with E-state index in [4.69, 9.17) is 27.8 Å². The number of carbonyl (C=O) groups is 2. The molecule has 0 radical (unpaired) electrons. The van der Waals surface area contributed by atoms with Gasteiger partial charge in [-0.3, -0.25) is 4.79 Å². The van der Waals surface area contributed by atoms with Crippen molar-refractivity contribution in [1.82, 2.24) is 14.5 Å². The third-order valence-electron chi connectivity index (χ3n) is 4.15. The molecule has 0 fully saturated rings. The third kappa shape index (κ3) is 4.19. The number of halogens is 1. The third-order valence-corrected chi connectivity index (χ3v) is 4.46. The van der Waals surface area contributed by atoms with Crippen LogP contribution in [0.25, 0.3) is 11.0 Å². The molecule has 4 N–H and O–H groups in total. The maximum atomic E-state index is 12.6. The largest absolute Gasteiger partial charge is 0.450 e. The Hall–Kier alpha value is -2.48. The first-order valence-electron chi connectivity index (χ1n) is 8.33. The number of anilines is 1. The number of hydrogen-bond donors (Lipinski definition) is 2. The molecule has 0 saturated heterocycles. The summed E-state index contributed by atoms with van der Waals surface area (Å²) in [7, 11) is 3.34. The van der Waals surface area contributed by atoms with Crippen molar-refractivity contribution in [3.05, 3.63) is 22.7 Å². The van der Waals surface area contributed by atoms with E-state index in [1.807, 2.05) is 11.5 Å². The van der Waals surface area contributed by atoms with E-state index in [1.165, 1.54) is 4.90 Å². The standard InChI is InChI=1S/C17H24ClN5O3/c1-10(6-4-5-9-26-17(20)25)23-14-12(21-16(23)19)8-7-11(18)13(14)15(24)22(2)3/h7-8,10H,4-6,9H2,1-3H3,(H2,19,21)(H2,20,25). The van der Waals surface area contributed by atoms with Crippen LogP contribution in [-0.4, -0.2) is 47.2 Å². The van der Waals surface area contributed by atoms with Crippen LogP contribution in [0.2, 0.25) is 5.02 Å². The summed E-state index contributed by atoms with van der Waals surface area (Å²) < 4.78 is 6.57. The van der Waals surface area contributed by atoms with Crippen molar-refractivity contribution in [2.45, 2.75) is 32.2 Å². The summed E-state index contributed by atoms with van der Waals surface area (Å²) in [4.78, 5) is 29.1. The highest BCUT2D eigenvalue weighted by molar-refractivity contribution is 6.35. The van der Waals surface area contributed by atoms with E-state index in [-0.39, 0.29) is 18.6 Å². The molecule has 2 rings (SSSR count). The number of imidazole rings is 1. The first-order chi connectivity index (χ1) is 12.2. The van der Waals surface area contributed by atoms with E-state index in [0.29, 0.717) is 34.0 Å². The minimum atomic E-state index is -0.774. The van der Waals surface area contributed by atoms with Gasteiger partial charge in [-0.15, -0.1) is 0 Å². The second-order valence-corrected chi connectivity index (χ2v) is 6.75. The number of hydrogen-bond acceptors (Lipinski definition) is 5. The number of primary amides is 1. The molecule has 0 saturated carbocycles. The van der Waals surface area contributed by atoms with Crippen LogP contribution >= 0.6 is 11.6 Å². The quantitative estimate of drug-likeness (QED) is 0.715. The van der Waals surface area contributed by atoms with Crippen LogP contribution in [0.1, 0.15) is 42.6 Å². The number of unbranched alkanes of at least 4 members (excludes halogenated alkanes) is 1. The molecule has 2 aromatic rings. The van der Waals surface area contributed by atoms with Crippen LogP contribution in [0.5, 0.6) is 0 Å². The van der Waals surface area contributed by atoms with Crippen molar-refractivity contribution in [3.63, 3.8) is 0 Å². The minimum Gasteiger partial charge on any atom is -0.450 e. The second-order valence-electron chi connectivity index (χ2n) is 6.34. The molecule has 1 unspecified atom stereocenters. The summed E-state index contributed by atoms with van der Waals surface area (Å²) >= 11 is 6.31. The van der Waals surface area contributed by atoms with Crippen LogP contribution < -0.4 is 11.5 Å². The first kappa shape index (κ1) is 19.8. The van der Waals surface area contributed by atoms with Gasteiger partial charge < -0.3 is 25.7 Å². The molecule has 1 aromatic heterocycles. The van der Waals surface area contributed by atoms with Gasteiger partial charge in [-0.05, 0) is 38.3 Å². The Kier molecular flexibility index (Phi) is 6.31. The fourth-order valence-corrected chi connectivity index (χ4v) is 3.13. The summed E-state index contributed by atoms with van der Waals surface area (Å²) in [6.45, 7) is 2.27. The lowest BCUT2D eigenvalue weighted by molar-refractivity contribution is 0.0829. The zero-order chi connectivity index (χ0) is 19.4. The molecule has 2 amide bonds. The number of nitrogens with two attached hydrogens (primary N) is 2. The summed E-state index contributed by atoms with van der Waals surface area (Å²) in [6.07, 6.45) is 1.47. The van der Waals surface area contributed by atoms with Gasteiger partial charge in [0.2, 0.25) is 5.95 Å². The Balaban J connectivity index is 2.31. The summed E-state index contributed by atoms with van der Waals surface area (Å²) in [5.41, 5.74) is 12.7. The topological polar surface area (TPSA) is 116 Å². The van der Waals surface area contributed by atoms with Gasteiger partial charge in [0.05, 0.1) is 28.2 Å². The molecule has 8 nitrogen and oxygen atoms in total. The van der Waals surface area contributed by atoms with Crippen molar-refractivity contribution in [3.8, 4) is 0 Å². The highest BCUT2D eigenvalue weighted by Gasteiger charge is 2.23. The second kappa shape index (κ2) is 8.27. The average Bonchev–Trinajstić information content (AvgIpc) is 2.89. The van der Waals surface area contributed by atoms with Gasteiger partial charge in [-0.2, -0.15) is 0 Å². The Morgan fingerprint density at radius 2 is 2.04 bits per heavy atom. The van der Waals surface area contributed by atoms with Gasteiger partial charge in [0.1, 0.15) is 0 Å². The number of rotatable bonds is 7. The van der Waals surface area contributed by atoms with Gasteiger partial charge >= 0.3 is 6.09 Å². The first-order valence-corrected chi connectivity index (χ1v) is 8.71. The van der Waals surface area contributed by atoms with Crippen LogP contribution in [0.15, 0.2) is 12.1 Å². The molecule has 0 bridgehead atoms. The Morgan fingerprint density at radius 3 is 2.65 bits per heavy atom. The maximum Gasteiger partial charge on any atom is 0.404 e. The van der Waals surface area contributed by atoms with Gasteiger partial charge in [0, 0.05) is 20.1 Å². The fraction of sp³-hybridized carbons (Fsp3) is 0.471. The van der Waals surface area contributed by atoms with Crippen molar-refractivity contribution < 1.29 is 14.3 Å². The van der Waals surface area contributed by atoms with E-state index >= 15 is 0 Å². The van der Waals surface area contributed by atoms with E-state index < -0.39 is 6.09 Å². The zero-order valence-electron chi connectivity index (χ0n) is 15.2. The highest BCUT2D eigenvalue weighted by Crippen LogP contribution is 2.32. The molecule has 1 aromatic carbocycles. The lowest BCUT2D eigenvalue weighted by Gasteiger charge is -2.19. The Labute approximate surface area is 157 Å². The van der Waals surface area contributed by atoms with Gasteiger partial charge in [0.15, 0.2) is 0 Å². The molecule has 9 heteroatoms. The Bertz CT molecular complexity index is 818. The van der Waals surface area contributed by atoms with Crippen LogP contribution in [0.4, 0.5) is 10.7 Å². The molecule has 26 heavy (non-hydrogen) atoms. The van der Waals surface area contributed by atoms with E-state index in [0.717, 1.165) is 12.8 Å². The summed E-state index contributed by atoms with van der Waals surface area (Å²) in [6, 6.07) is 3.40. The SMILES string of the molecule is CC(CCCCOC(N)=O)n1c(N)nc2ccc(Cl)c(C(=O)N(C)C)c21. The molecule has 1 heterocycles. The molecular formula is C17H24ClN5O3. The van der Waals surface area contributed by atoms with Gasteiger partial charge in [0.25, 0.3) is 5.91 Å². The van der Waals surface area contributed by atoms with E-state index in [2.05, 4.69) is 4.98 Å². The highest BCUT2D eigenvalue weighted by atomic mass is 35.5. The molecule has 1 atom stereocenters. The Morgan fingerprint density at radius 1 is 1.35 bits per heavy atom. The number of benzene rings is 1. The summed E-state index contributed by atoms with van der Waals surface area (Å²) in [5.74, 6) is 0.125. The van der Waals surface area contributed by atoms with Crippen molar-refractivity contribution in [2.24, 2.45) is 5.73 Å². The number of aromatic nitrogens is 2. The van der Waals surface area contributed by atoms with Crippen LogP contribution in [-0.2, 0) is 4.74 Å². The molecular weight excluding hydrogens is 358 g/mol. The number of nitrogen functional groups attached to an aromatic ring is 1. The minimum absolute atomic E-state index is 0.0132. The predicted octanol–water partition coefficient (Wildman–Crippen LogP) is 2.80. The number of ether oxygens (including phenoxy) is 1. The van der Waals surface area contributed by atoms with Crippen LogP contribution in [0, 0.1) is 0 Å². The lowest BCUT2D eigenvalue weighted by atomic mass is 10.1. The van der Waals surface area contributed by atoms with Crippen molar-refractivity contribution in [1.29, 1.82) is 0 Å². The predicted molar refractivity (Wildman–Crippen MR) is 101 cm³/mol. The summed E-state index contributed by atoms with van der Waals surface area (Å²) in [5, 5.41) is 0.361. The smallest absolute Gasteiger partial charge is 0.404 e. The number of carbonyl (C=O) groups excluding carboxylic acids is 2. The average molecular weight is 382 g/mol. The van der Waals surface area contributed by atoms with Crippen molar-refractivity contribution >= 4 is 40.6 Å². The maximum absolute atomic E-state index is 12.6. The van der Waals surface area contributed by atoms with E-state index in [9.17, 15) is 9.59 Å². The molecule has 0 aliphatic rings. The fourth-order valence-electron chi connectivity index (χ4n) is 2.90.